The quantitative estimate of drug-likeness (QED) is 0.476. The maximum Gasteiger partial charge on any atom is 0.358 e. The number of fused-ring (bicyclic) bond motifs is 1. The number of rotatable bonds is 5. The molecular formula is C23H21N7O2. The van der Waals surface area contributed by atoms with E-state index in [1.54, 1.807) is 17.7 Å². The van der Waals surface area contributed by atoms with Gasteiger partial charge < -0.3 is 10.1 Å². The van der Waals surface area contributed by atoms with E-state index in [0.29, 0.717) is 23.0 Å². The van der Waals surface area contributed by atoms with Crippen molar-refractivity contribution in [1.82, 2.24) is 25.0 Å². The van der Waals surface area contributed by atoms with E-state index >= 15 is 0 Å². The molecule has 4 aromatic rings. The number of ether oxygens (including phenoxy) is 1. The summed E-state index contributed by atoms with van der Waals surface area (Å²) < 4.78 is 6.48. The van der Waals surface area contributed by atoms with E-state index in [1.807, 2.05) is 19.9 Å². The highest BCUT2D eigenvalue weighted by Gasteiger charge is 2.17. The minimum absolute atomic E-state index is 0.101. The molecule has 9 nitrogen and oxygen atoms in total. The summed E-state index contributed by atoms with van der Waals surface area (Å²) in [5, 5.41) is 26.0. The highest BCUT2D eigenvalue weighted by molar-refractivity contribution is 5.87. The van der Waals surface area contributed by atoms with Gasteiger partial charge in [-0.3, -0.25) is 0 Å². The predicted molar refractivity (Wildman–Crippen MR) is 119 cm³/mol. The van der Waals surface area contributed by atoms with E-state index in [9.17, 15) is 10.1 Å². The summed E-state index contributed by atoms with van der Waals surface area (Å²) in [5.74, 6) is 0.778. The first-order valence-corrected chi connectivity index (χ1v) is 10.1. The van der Waals surface area contributed by atoms with Gasteiger partial charge in [-0.05, 0) is 63.1 Å². The number of pyridine rings is 1. The van der Waals surface area contributed by atoms with E-state index in [4.69, 9.17) is 9.72 Å². The third kappa shape index (κ3) is 3.86. The number of carbonyl (C=O) groups is 1. The zero-order chi connectivity index (χ0) is 22.8. The van der Waals surface area contributed by atoms with Crippen molar-refractivity contribution in [2.24, 2.45) is 0 Å². The van der Waals surface area contributed by atoms with Gasteiger partial charge in [0.25, 0.3) is 0 Å². The normalized spacial score (nSPS) is 10.7. The Balaban J connectivity index is 1.75. The number of aromatic nitrogens is 5. The van der Waals surface area contributed by atoms with E-state index in [1.165, 1.54) is 17.8 Å². The van der Waals surface area contributed by atoms with E-state index in [0.717, 1.165) is 22.0 Å². The van der Waals surface area contributed by atoms with Crippen LogP contribution in [-0.2, 0) is 4.74 Å². The number of esters is 1. The fraction of sp³-hybridized carbons (Fsp3) is 0.217. The smallest absolute Gasteiger partial charge is 0.358 e. The number of aryl methyl sites for hydroxylation is 3. The molecule has 0 amide bonds. The summed E-state index contributed by atoms with van der Waals surface area (Å²) in [4.78, 5) is 16.6. The van der Waals surface area contributed by atoms with Gasteiger partial charge in [-0.1, -0.05) is 11.6 Å². The minimum atomic E-state index is -0.546. The first-order chi connectivity index (χ1) is 15.4. The largest absolute Gasteiger partial charge is 0.461 e. The van der Waals surface area contributed by atoms with Crippen molar-refractivity contribution in [3.05, 3.63) is 64.5 Å². The van der Waals surface area contributed by atoms with Crippen LogP contribution in [0.4, 0.5) is 11.6 Å². The molecule has 0 aliphatic heterocycles. The molecule has 4 rings (SSSR count). The fourth-order valence-corrected chi connectivity index (χ4v) is 3.49. The molecule has 32 heavy (non-hydrogen) atoms. The van der Waals surface area contributed by atoms with Crippen molar-refractivity contribution < 1.29 is 9.53 Å². The molecular weight excluding hydrogens is 406 g/mol. The topological polar surface area (TPSA) is 119 Å². The minimum Gasteiger partial charge on any atom is -0.461 e. The molecule has 0 atom stereocenters. The zero-order valence-corrected chi connectivity index (χ0v) is 18.2. The second-order valence-corrected chi connectivity index (χ2v) is 7.36. The first kappa shape index (κ1) is 20.9. The van der Waals surface area contributed by atoms with E-state index in [-0.39, 0.29) is 12.3 Å². The predicted octanol–water partition coefficient (Wildman–Crippen LogP) is 3.93. The zero-order valence-electron chi connectivity index (χ0n) is 18.2. The van der Waals surface area contributed by atoms with Gasteiger partial charge in [0.15, 0.2) is 23.1 Å². The van der Waals surface area contributed by atoms with Crippen molar-refractivity contribution >= 4 is 28.5 Å². The number of carbonyl (C=O) groups excluding carboxylic acids is 1. The number of nitrogens with one attached hydrogen (secondary N) is 1. The van der Waals surface area contributed by atoms with Crippen LogP contribution in [0, 0.1) is 32.1 Å². The standard InChI is InChI=1S/C23H21N7O2/c1-5-32-23(31)18-6-7-19(29-28-18)26-22-16(11-24)12-25-30(22)20-10-14(3)17-9-13(2)8-15(4)21(17)27-20/h6-10,12H,5H2,1-4H3,(H,26,29). The van der Waals surface area contributed by atoms with Crippen LogP contribution in [0.5, 0.6) is 0 Å². The van der Waals surface area contributed by atoms with Gasteiger partial charge in [0.1, 0.15) is 11.6 Å². The van der Waals surface area contributed by atoms with Crippen LogP contribution in [-0.4, -0.2) is 37.5 Å². The van der Waals surface area contributed by atoms with Crippen LogP contribution in [0.25, 0.3) is 16.7 Å². The van der Waals surface area contributed by atoms with Gasteiger partial charge in [0, 0.05) is 5.39 Å². The van der Waals surface area contributed by atoms with Gasteiger partial charge in [-0.2, -0.15) is 15.0 Å². The Kier molecular flexibility index (Phi) is 5.52. The number of nitrogens with zero attached hydrogens (tertiary/aromatic N) is 6. The molecule has 0 unspecified atom stereocenters. The monoisotopic (exact) mass is 427 g/mol. The molecule has 0 spiro atoms. The number of hydrogen-bond donors (Lipinski definition) is 1. The highest BCUT2D eigenvalue weighted by Crippen LogP contribution is 2.27. The van der Waals surface area contributed by atoms with Gasteiger partial charge in [-0.15, -0.1) is 10.2 Å². The molecule has 9 heteroatoms. The SMILES string of the molecule is CCOC(=O)c1ccc(Nc2c(C#N)cnn2-c2cc(C)c3cc(C)cc(C)c3n2)nn1. The molecule has 1 aromatic carbocycles. The van der Waals surface area contributed by atoms with E-state index < -0.39 is 5.97 Å². The van der Waals surface area contributed by atoms with Crippen LogP contribution in [0.2, 0.25) is 0 Å². The Morgan fingerprint density at radius 1 is 1.16 bits per heavy atom. The van der Waals surface area contributed by atoms with Crippen molar-refractivity contribution in [2.45, 2.75) is 27.7 Å². The Bertz CT molecular complexity index is 1370. The van der Waals surface area contributed by atoms with Crippen molar-refractivity contribution in [1.29, 1.82) is 5.26 Å². The summed E-state index contributed by atoms with van der Waals surface area (Å²) in [5.41, 5.74) is 4.59. The second-order valence-electron chi connectivity index (χ2n) is 7.36. The summed E-state index contributed by atoms with van der Waals surface area (Å²) in [7, 11) is 0. The third-order valence-electron chi connectivity index (χ3n) is 4.94. The maximum absolute atomic E-state index is 11.8. The van der Waals surface area contributed by atoms with E-state index in [2.05, 4.69) is 45.7 Å². The molecule has 0 aliphatic rings. The number of benzene rings is 1. The summed E-state index contributed by atoms with van der Waals surface area (Å²) >= 11 is 0. The third-order valence-corrected chi connectivity index (χ3v) is 4.94. The van der Waals surface area contributed by atoms with Crippen LogP contribution in [0.1, 0.15) is 39.7 Å². The average molecular weight is 427 g/mol. The maximum atomic E-state index is 11.8. The fourth-order valence-electron chi connectivity index (χ4n) is 3.49. The summed E-state index contributed by atoms with van der Waals surface area (Å²) in [6.07, 6.45) is 1.46. The Hall–Kier alpha value is -4.32. The van der Waals surface area contributed by atoms with Crippen LogP contribution < -0.4 is 5.32 Å². The van der Waals surface area contributed by atoms with Crippen LogP contribution >= 0.6 is 0 Å². The van der Waals surface area contributed by atoms with Crippen LogP contribution in [0.15, 0.2) is 36.5 Å². The lowest BCUT2D eigenvalue weighted by atomic mass is 10.0. The number of hydrogen-bond acceptors (Lipinski definition) is 8. The van der Waals surface area contributed by atoms with Crippen molar-refractivity contribution in [3.63, 3.8) is 0 Å². The Morgan fingerprint density at radius 3 is 2.66 bits per heavy atom. The Morgan fingerprint density at radius 2 is 1.97 bits per heavy atom. The second kappa shape index (κ2) is 8.43. The molecule has 0 saturated heterocycles. The molecule has 1 N–H and O–H groups in total. The average Bonchev–Trinajstić information content (AvgIpc) is 3.17. The Labute approximate surface area is 184 Å². The van der Waals surface area contributed by atoms with Crippen molar-refractivity contribution in [3.8, 4) is 11.9 Å². The first-order valence-electron chi connectivity index (χ1n) is 10.1. The van der Waals surface area contributed by atoms with Gasteiger partial charge >= 0.3 is 5.97 Å². The molecule has 0 radical (unpaired) electrons. The van der Waals surface area contributed by atoms with Gasteiger partial charge in [-0.25, -0.2) is 9.78 Å². The molecule has 3 aromatic heterocycles. The lowest BCUT2D eigenvalue weighted by molar-refractivity contribution is 0.0518. The molecule has 160 valence electrons. The molecule has 0 aliphatic carbocycles. The molecule has 0 fully saturated rings. The highest BCUT2D eigenvalue weighted by atomic mass is 16.5. The van der Waals surface area contributed by atoms with Gasteiger partial charge in [0.2, 0.25) is 0 Å². The lowest BCUT2D eigenvalue weighted by Gasteiger charge is -2.13. The van der Waals surface area contributed by atoms with Crippen molar-refractivity contribution in [2.75, 3.05) is 11.9 Å². The lowest BCUT2D eigenvalue weighted by Crippen LogP contribution is -2.10. The molecule has 0 saturated carbocycles. The summed E-state index contributed by atoms with van der Waals surface area (Å²) in [6.45, 7) is 8.07. The van der Waals surface area contributed by atoms with Crippen LogP contribution in [0.3, 0.4) is 0 Å². The number of anilines is 2. The molecule has 0 bridgehead atoms. The van der Waals surface area contributed by atoms with Gasteiger partial charge in [0.05, 0.1) is 18.3 Å². The number of nitriles is 1. The molecule has 3 heterocycles. The summed E-state index contributed by atoms with van der Waals surface area (Å²) in [6, 6.07) is 11.3.